The maximum absolute atomic E-state index is 12.1. The zero-order chi connectivity index (χ0) is 45.1. The number of azo groups is 3. The maximum atomic E-state index is 12.1. The number of anilines is 2. The minimum absolute atomic E-state index is 0. The molecule has 0 aromatic heterocycles. The summed E-state index contributed by atoms with van der Waals surface area (Å²) >= 11 is 0.762. The molecule has 332 valence electrons. The van der Waals surface area contributed by atoms with Gasteiger partial charge in [0.1, 0.15) is 28.0 Å². The molecule has 24 heteroatoms. The van der Waals surface area contributed by atoms with E-state index in [-0.39, 0.29) is 49.9 Å². The molecule has 7 rings (SSSR count). The van der Waals surface area contributed by atoms with Crippen LogP contribution in [0.3, 0.4) is 0 Å². The SMILES string of the molecule is Cc1cc(N=Nc2c(S(O)(O)O)cc3ccc(Nc4ccc(C(=O)O)cc4)cc3c2O)c(O)cc1N=Nc1ccc(N=Nc2ccc(SOOO)cc2)c2ccc(S(=O)(=O)O)cc12.[Ni]. The Bertz CT molecular complexity index is 3120. The summed E-state index contributed by atoms with van der Waals surface area (Å²) < 4.78 is 69.2. The number of nitrogens with one attached hydrogen (secondary N) is 1. The largest absolute Gasteiger partial charge is 0.506 e. The van der Waals surface area contributed by atoms with Gasteiger partial charge in [0.25, 0.3) is 10.1 Å². The first-order valence-corrected chi connectivity index (χ1v) is 21.5. The molecule has 7 aromatic carbocycles. The fourth-order valence-electron chi connectivity index (χ4n) is 6.02. The van der Waals surface area contributed by atoms with E-state index in [1.165, 1.54) is 66.7 Å². The number of hydrogen-bond acceptors (Lipinski definition) is 19. The van der Waals surface area contributed by atoms with E-state index in [0.717, 1.165) is 12.0 Å². The molecule has 64 heavy (non-hydrogen) atoms. The summed E-state index contributed by atoms with van der Waals surface area (Å²) in [6.07, 6.45) is 0. The molecule has 0 heterocycles. The van der Waals surface area contributed by atoms with Crippen molar-refractivity contribution >= 4 is 106 Å². The van der Waals surface area contributed by atoms with E-state index in [0.29, 0.717) is 44.0 Å². The maximum Gasteiger partial charge on any atom is 0.335 e. The molecule has 0 saturated carbocycles. The first-order chi connectivity index (χ1) is 30.0. The Labute approximate surface area is 377 Å². The van der Waals surface area contributed by atoms with E-state index < -0.39 is 53.9 Å². The van der Waals surface area contributed by atoms with Crippen molar-refractivity contribution in [2.24, 2.45) is 30.7 Å². The minimum Gasteiger partial charge on any atom is -0.506 e. The number of carboxylic acids is 1. The van der Waals surface area contributed by atoms with Gasteiger partial charge in [-0.15, -0.1) is 24.8 Å². The Morgan fingerprint density at radius 1 is 0.656 bits per heavy atom. The first kappa shape index (κ1) is 47.1. The zero-order valence-corrected chi connectivity index (χ0v) is 35.7. The molecule has 0 amide bonds. The molecule has 0 aliphatic carbocycles. The van der Waals surface area contributed by atoms with Crippen LogP contribution in [0.15, 0.2) is 161 Å². The number of phenolic OH excluding ortho intramolecular Hbond substituents is 2. The Morgan fingerprint density at radius 3 is 1.95 bits per heavy atom. The van der Waals surface area contributed by atoms with Gasteiger partial charge in [-0.2, -0.15) is 18.6 Å². The van der Waals surface area contributed by atoms with Gasteiger partial charge >= 0.3 is 5.97 Å². The van der Waals surface area contributed by atoms with Gasteiger partial charge in [0.15, 0.2) is 5.75 Å². The number of carbonyl (C=O) groups is 1. The summed E-state index contributed by atoms with van der Waals surface area (Å²) in [7, 11) is -9.10. The number of rotatable bonds is 14. The van der Waals surface area contributed by atoms with Crippen LogP contribution < -0.4 is 5.32 Å². The van der Waals surface area contributed by atoms with Crippen LogP contribution >= 0.6 is 22.9 Å². The Balaban J connectivity index is 0.00000680. The monoisotopic (exact) mass is 971 g/mol. The smallest absolute Gasteiger partial charge is 0.335 e. The summed E-state index contributed by atoms with van der Waals surface area (Å²) in [4.78, 5) is 10.9. The molecule has 0 radical (unpaired) electrons. The second kappa shape index (κ2) is 19.5. The third kappa shape index (κ3) is 10.8. The number of hydrogen-bond donors (Lipinski definition) is 9. The molecule has 20 nitrogen and oxygen atoms in total. The van der Waals surface area contributed by atoms with Crippen molar-refractivity contribution in [3.05, 3.63) is 126 Å². The molecule has 0 bridgehead atoms. The number of aryl methyl sites for hydroxylation is 1. The van der Waals surface area contributed by atoms with Crippen LogP contribution in [-0.4, -0.2) is 53.2 Å². The second-order valence-corrected chi connectivity index (χ2v) is 16.9. The molecule has 0 aliphatic heterocycles. The standard InChI is InChI=1S/C40H31N7O13S3.Ni/c1-21-16-35(46-47-38-37(63(56,57)58)17-23-4-7-26(18-30(23)39(38)49)41-24-5-2-22(3-6-24)40(50)51)36(48)20-34(21)45-44-33-15-14-32(29-13-12-28(19-31(29)33)62(53,54)55)43-42-25-8-10-27(11-9-25)61-60-59-52;/h2-20,41,48-49,52,56-58H,1H3,(H,50,51)(H,53,54,55);. The molecule has 0 atom stereocenters. The van der Waals surface area contributed by atoms with Crippen LogP contribution in [0, 0.1) is 6.92 Å². The third-order valence-electron chi connectivity index (χ3n) is 9.10. The Hall–Kier alpha value is -6.41. The number of phenols is 2. The fraction of sp³-hybridized carbons (Fsp3) is 0.0250. The van der Waals surface area contributed by atoms with E-state index >= 15 is 0 Å². The summed E-state index contributed by atoms with van der Waals surface area (Å²) in [6, 6.07) is 27.7. The number of fused-ring (bicyclic) bond motifs is 2. The number of aromatic carboxylic acids is 1. The van der Waals surface area contributed by atoms with Crippen molar-refractivity contribution < 1.29 is 77.9 Å². The average molecular weight is 973 g/mol. The quantitative estimate of drug-likeness (QED) is 0.0122. The average Bonchev–Trinajstić information content (AvgIpc) is 3.25. The topological polar surface area (TPSA) is 318 Å². The Kier molecular flexibility index (Phi) is 14.4. The van der Waals surface area contributed by atoms with Crippen molar-refractivity contribution in [2.45, 2.75) is 21.6 Å². The van der Waals surface area contributed by atoms with Crippen LogP contribution in [0.25, 0.3) is 21.5 Å². The van der Waals surface area contributed by atoms with Gasteiger partial charge in [0, 0.05) is 55.0 Å². The fourth-order valence-corrected chi connectivity index (χ4v) is 7.57. The predicted octanol–water partition coefficient (Wildman–Crippen LogP) is 12.7. The van der Waals surface area contributed by atoms with Crippen molar-refractivity contribution in [3.63, 3.8) is 0 Å². The summed E-state index contributed by atoms with van der Waals surface area (Å²) in [5.41, 5.74) is 1.88. The van der Waals surface area contributed by atoms with Gasteiger partial charge in [-0.05, 0) is 115 Å². The van der Waals surface area contributed by atoms with E-state index in [1.54, 1.807) is 55.5 Å². The molecule has 0 saturated heterocycles. The van der Waals surface area contributed by atoms with Crippen molar-refractivity contribution in [1.82, 2.24) is 0 Å². The van der Waals surface area contributed by atoms with Gasteiger partial charge in [0.2, 0.25) is 0 Å². The van der Waals surface area contributed by atoms with E-state index in [2.05, 4.69) is 45.4 Å². The molecular formula is C40H31N7NiO13S3. The molecule has 0 fully saturated rings. The molecule has 0 unspecified atom stereocenters. The van der Waals surface area contributed by atoms with Crippen LogP contribution in [0.4, 0.5) is 45.5 Å². The van der Waals surface area contributed by atoms with Crippen molar-refractivity contribution in [1.29, 1.82) is 0 Å². The summed E-state index contributed by atoms with van der Waals surface area (Å²) in [5, 5.41) is 72.7. The van der Waals surface area contributed by atoms with Gasteiger partial charge in [-0.1, -0.05) is 17.2 Å². The number of nitrogens with zero attached hydrogens (tertiary/aromatic N) is 6. The van der Waals surface area contributed by atoms with Crippen molar-refractivity contribution in [2.75, 3.05) is 5.32 Å². The van der Waals surface area contributed by atoms with Gasteiger partial charge in [-0.25, -0.2) is 10.1 Å². The predicted molar refractivity (Wildman–Crippen MR) is 232 cm³/mol. The van der Waals surface area contributed by atoms with E-state index in [1.807, 2.05) is 0 Å². The molecule has 0 spiro atoms. The number of carboxylic acid groups (broad SMARTS) is 1. The minimum atomic E-state index is -4.63. The van der Waals surface area contributed by atoms with Gasteiger partial charge in [0.05, 0.1) is 50.1 Å². The van der Waals surface area contributed by atoms with Crippen LogP contribution in [0.2, 0.25) is 0 Å². The molecule has 7 aromatic rings. The number of benzene rings is 7. The van der Waals surface area contributed by atoms with Crippen molar-refractivity contribution in [3.8, 4) is 11.5 Å². The molecular weight excluding hydrogens is 941 g/mol. The van der Waals surface area contributed by atoms with Crippen LogP contribution in [0.5, 0.6) is 11.5 Å². The second-order valence-electron chi connectivity index (χ2n) is 13.3. The zero-order valence-electron chi connectivity index (χ0n) is 32.3. The van der Waals surface area contributed by atoms with Crippen LogP contribution in [-0.2, 0) is 36.0 Å². The summed E-state index contributed by atoms with van der Waals surface area (Å²) in [5.74, 6) is -2.14. The van der Waals surface area contributed by atoms with E-state index in [4.69, 9.17) is 5.26 Å². The van der Waals surface area contributed by atoms with Gasteiger partial charge < -0.3 is 34.3 Å². The third-order valence-corrected chi connectivity index (χ3v) is 11.4. The normalized spacial score (nSPS) is 12.4. The number of aromatic hydroxyl groups is 2. The Morgan fingerprint density at radius 2 is 1.30 bits per heavy atom. The molecule has 9 N–H and O–H groups in total. The molecule has 0 aliphatic rings. The van der Waals surface area contributed by atoms with Crippen LogP contribution in [0.1, 0.15) is 15.9 Å². The van der Waals surface area contributed by atoms with E-state index in [9.17, 15) is 46.7 Å². The summed E-state index contributed by atoms with van der Waals surface area (Å²) in [6.45, 7) is 1.61. The first-order valence-electron chi connectivity index (χ1n) is 17.8. The van der Waals surface area contributed by atoms with Gasteiger partial charge in [-0.3, -0.25) is 4.55 Å².